The van der Waals surface area contributed by atoms with E-state index in [0.717, 1.165) is 18.9 Å². The maximum Gasteiger partial charge on any atom is 0.341 e. The molecule has 2 heterocycles. The summed E-state index contributed by atoms with van der Waals surface area (Å²) in [5.41, 5.74) is 0.580. The monoisotopic (exact) mass is 234 g/mol. The molecule has 2 rings (SSSR count). The fraction of sp³-hybridized carbons (Fsp3) is 0.538. The van der Waals surface area contributed by atoms with E-state index in [4.69, 9.17) is 4.74 Å². The van der Waals surface area contributed by atoms with Gasteiger partial charge in [-0.05, 0) is 38.3 Å². The number of hydrogen-bond donors (Lipinski definition) is 0. The van der Waals surface area contributed by atoms with Crippen LogP contribution in [0.3, 0.4) is 0 Å². The molecule has 1 aliphatic heterocycles. The van der Waals surface area contributed by atoms with Crippen molar-refractivity contribution in [3.8, 4) is 0 Å². The molecule has 0 spiro atoms. The van der Waals surface area contributed by atoms with Crippen LogP contribution in [-0.2, 0) is 4.74 Å². The molecule has 0 bridgehead atoms. The summed E-state index contributed by atoms with van der Waals surface area (Å²) >= 11 is 0. The summed E-state index contributed by atoms with van der Waals surface area (Å²) in [6, 6.07) is 3.56. The maximum atomic E-state index is 11.8. The molecule has 1 aromatic heterocycles. The smallest absolute Gasteiger partial charge is 0.341 e. The Bertz CT molecular complexity index is 387. The van der Waals surface area contributed by atoms with Gasteiger partial charge in [-0.2, -0.15) is 0 Å². The molecule has 0 aromatic carbocycles. The van der Waals surface area contributed by atoms with Crippen LogP contribution in [0.2, 0.25) is 0 Å². The highest BCUT2D eigenvalue weighted by atomic mass is 16.5. The van der Waals surface area contributed by atoms with E-state index in [1.165, 1.54) is 19.3 Å². The van der Waals surface area contributed by atoms with Gasteiger partial charge in [0.1, 0.15) is 11.4 Å². The largest absolute Gasteiger partial charge is 0.462 e. The van der Waals surface area contributed by atoms with E-state index in [1.54, 1.807) is 18.3 Å². The molecule has 0 aliphatic carbocycles. The van der Waals surface area contributed by atoms with Crippen LogP contribution in [0, 0.1) is 0 Å². The van der Waals surface area contributed by atoms with Gasteiger partial charge >= 0.3 is 5.97 Å². The number of rotatable bonds is 3. The minimum absolute atomic E-state index is 0.277. The summed E-state index contributed by atoms with van der Waals surface area (Å²) in [5, 5.41) is 0. The second-order valence-electron chi connectivity index (χ2n) is 4.14. The Morgan fingerprint density at radius 2 is 2.18 bits per heavy atom. The van der Waals surface area contributed by atoms with Crippen LogP contribution in [0.1, 0.15) is 36.5 Å². The third-order valence-corrected chi connectivity index (χ3v) is 2.94. The van der Waals surface area contributed by atoms with E-state index < -0.39 is 0 Å². The number of carbonyl (C=O) groups is 1. The Kier molecular flexibility index (Phi) is 3.96. The Labute approximate surface area is 102 Å². The van der Waals surface area contributed by atoms with Crippen molar-refractivity contribution < 1.29 is 9.53 Å². The van der Waals surface area contributed by atoms with Crippen LogP contribution in [0.25, 0.3) is 0 Å². The number of carbonyl (C=O) groups excluding carboxylic acids is 1. The lowest BCUT2D eigenvalue weighted by atomic mass is 10.1. The summed E-state index contributed by atoms with van der Waals surface area (Å²) in [5.74, 6) is 0.492. The minimum Gasteiger partial charge on any atom is -0.462 e. The fourth-order valence-corrected chi connectivity index (χ4v) is 2.12. The number of nitrogens with zero attached hydrogens (tertiary/aromatic N) is 2. The molecule has 0 amide bonds. The molecule has 4 heteroatoms. The second-order valence-corrected chi connectivity index (χ2v) is 4.14. The summed E-state index contributed by atoms with van der Waals surface area (Å²) in [6.45, 7) is 4.16. The predicted molar refractivity (Wildman–Crippen MR) is 66.3 cm³/mol. The molecule has 1 fully saturated rings. The van der Waals surface area contributed by atoms with E-state index in [9.17, 15) is 4.79 Å². The van der Waals surface area contributed by atoms with Gasteiger partial charge in [-0.25, -0.2) is 9.78 Å². The predicted octanol–water partition coefficient (Wildman–Crippen LogP) is 2.25. The van der Waals surface area contributed by atoms with Crippen LogP contribution >= 0.6 is 0 Å². The molecule has 0 radical (unpaired) electrons. The van der Waals surface area contributed by atoms with E-state index >= 15 is 0 Å². The third-order valence-electron chi connectivity index (χ3n) is 2.94. The average molecular weight is 234 g/mol. The first-order chi connectivity index (χ1) is 8.33. The van der Waals surface area contributed by atoms with Crippen molar-refractivity contribution in [3.05, 3.63) is 23.9 Å². The van der Waals surface area contributed by atoms with E-state index in [0.29, 0.717) is 12.2 Å². The summed E-state index contributed by atoms with van der Waals surface area (Å²) in [7, 11) is 0. The van der Waals surface area contributed by atoms with Gasteiger partial charge in [-0.15, -0.1) is 0 Å². The SMILES string of the molecule is CCOC(=O)c1cccnc1N1CCCCC1. The number of aromatic nitrogens is 1. The number of anilines is 1. The van der Waals surface area contributed by atoms with Gasteiger partial charge in [0.15, 0.2) is 0 Å². The first-order valence-corrected chi connectivity index (χ1v) is 6.20. The molecule has 0 unspecified atom stereocenters. The Morgan fingerprint density at radius 3 is 2.88 bits per heavy atom. The van der Waals surface area contributed by atoms with E-state index in [2.05, 4.69) is 9.88 Å². The molecule has 0 atom stereocenters. The molecular weight excluding hydrogens is 216 g/mol. The molecule has 1 aromatic rings. The van der Waals surface area contributed by atoms with Crippen molar-refractivity contribution in [1.29, 1.82) is 0 Å². The standard InChI is InChI=1S/C13H18N2O2/c1-2-17-13(16)11-7-6-8-14-12(11)15-9-4-3-5-10-15/h6-8H,2-5,9-10H2,1H3. The van der Waals surface area contributed by atoms with E-state index in [-0.39, 0.29) is 5.97 Å². The number of ether oxygens (including phenoxy) is 1. The van der Waals surface area contributed by atoms with Crippen LogP contribution in [-0.4, -0.2) is 30.6 Å². The Hall–Kier alpha value is -1.58. The first kappa shape index (κ1) is 11.9. The Morgan fingerprint density at radius 1 is 1.41 bits per heavy atom. The van der Waals surface area contributed by atoms with E-state index in [1.807, 2.05) is 6.92 Å². The van der Waals surface area contributed by atoms with Gasteiger partial charge in [0.05, 0.1) is 6.61 Å². The molecule has 1 saturated heterocycles. The Balaban J connectivity index is 2.23. The van der Waals surface area contributed by atoms with Gasteiger partial charge in [-0.3, -0.25) is 0 Å². The summed E-state index contributed by atoms with van der Waals surface area (Å²) < 4.78 is 5.05. The lowest BCUT2D eigenvalue weighted by Gasteiger charge is -2.28. The zero-order valence-corrected chi connectivity index (χ0v) is 10.2. The van der Waals surface area contributed by atoms with Crippen molar-refractivity contribution in [2.24, 2.45) is 0 Å². The zero-order valence-electron chi connectivity index (χ0n) is 10.2. The molecule has 0 N–H and O–H groups in total. The maximum absolute atomic E-state index is 11.8. The normalized spacial score (nSPS) is 15.7. The van der Waals surface area contributed by atoms with Crippen molar-refractivity contribution in [2.45, 2.75) is 26.2 Å². The van der Waals surface area contributed by atoms with Crippen LogP contribution in [0.5, 0.6) is 0 Å². The molecule has 17 heavy (non-hydrogen) atoms. The van der Waals surface area contributed by atoms with Gasteiger partial charge in [0, 0.05) is 19.3 Å². The van der Waals surface area contributed by atoms with Gasteiger partial charge in [0.25, 0.3) is 0 Å². The highest BCUT2D eigenvalue weighted by molar-refractivity contribution is 5.94. The van der Waals surface area contributed by atoms with Crippen molar-refractivity contribution in [2.75, 3.05) is 24.6 Å². The van der Waals surface area contributed by atoms with Gasteiger partial charge in [0.2, 0.25) is 0 Å². The second kappa shape index (κ2) is 5.66. The number of hydrogen-bond acceptors (Lipinski definition) is 4. The molecule has 0 saturated carbocycles. The van der Waals surface area contributed by atoms with Gasteiger partial charge in [-0.1, -0.05) is 0 Å². The first-order valence-electron chi connectivity index (χ1n) is 6.20. The lowest BCUT2D eigenvalue weighted by Crippen LogP contribution is -2.31. The molecule has 92 valence electrons. The molecular formula is C13H18N2O2. The summed E-state index contributed by atoms with van der Waals surface area (Å²) in [4.78, 5) is 18.3. The van der Waals surface area contributed by atoms with Gasteiger partial charge < -0.3 is 9.64 Å². The topological polar surface area (TPSA) is 42.4 Å². The highest BCUT2D eigenvalue weighted by Crippen LogP contribution is 2.22. The number of esters is 1. The quantitative estimate of drug-likeness (QED) is 0.752. The fourth-order valence-electron chi connectivity index (χ4n) is 2.12. The zero-order chi connectivity index (χ0) is 12.1. The van der Waals surface area contributed by atoms with Crippen molar-refractivity contribution >= 4 is 11.8 Å². The molecule has 4 nitrogen and oxygen atoms in total. The number of piperidine rings is 1. The van der Waals surface area contributed by atoms with Crippen molar-refractivity contribution in [1.82, 2.24) is 4.98 Å². The lowest BCUT2D eigenvalue weighted by molar-refractivity contribution is 0.0526. The summed E-state index contributed by atoms with van der Waals surface area (Å²) in [6.07, 6.45) is 5.32. The van der Waals surface area contributed by atoms with Crippen LogP contribution in [0.15, 0.2) is 18.3 Å². The third kappa shape index (κ3) is 2.75. The van der Waals surface area contributed by atoms with Crippen molar-refractivity contribution in [3.63, 3.8) is 0 Å². The van der Waals surface area contributed by atoms with Crippen LogP contribution < -0.4 is 4.90 Å². The highest BCUT2D eigenvalue weighted by Gasteiger charge is 2.19. The van der Waals surface area contributed by atoms with Crippen LogP contribution in [0.4, 0.5) is 5.82 Å². The minimum atomic E-state index is -0.277. The number of pyridine rings is 1. The average Bonchev–Trinajstić information content (AvgIpc) is 2.40. The molecule has 1 aliphatic rings.